The van der Waals surface area contributed by atoms with Crippen molar-refractivity contribution in [1.82, 2.24) is 9.55 Å². The van der Waals surface area contributed by atoms with Gasteiger partial charge < -0.3 is 14.2 Å². The summed E-state index contributed by atoms with van der Waals surface area (Å²) in [7, 11) is 0. The first kappa shape index (κ1) is 21.0. The highest BCUT2D eigenvalue weighted by molar-refractivity contribution is 7.81. The summed E-state index contributed by atoms with van der Waals surface area (Å²) in [4.78, 5) is 5.62. The van der Waals surface area contributed by atoms with Gasteiger partial charge in [0.15, 0.2) is 0 Å². The average molecular weight is 438 g/mol. The standard InChI is InChI=1S/C20H23ClN2O3S2/c1-2-15(9-10-21)19(17-7-8-18(27-17)28(25)26)20-22-11-12-23(20)13-14-3-5-16(24)6-4-14/h3-8,11-12,15,19,24H,2,9-10,13H2,1H3,(H,25,26)/p-1. The highest BCUT2D eigenvalue weighted by Crippen LogP contribution is 2.39. The average Bonchev–Trinajstić information content (AvgIpc) is 3.34. The Labute approximate surface area is 176 Å². The van der Waals surface area contributed by atoms with Crippen LogP contribution in [-0.2, 0) is 17.6 Å². The van der Waals surface area contributed by atoms with Crippen molar-refractivity contribution < 1.29 is 13.9 Å². The number of phenolic OH excluding ortho intramolecular Hbond substituents is 1. The van der Waals surface area contributed by atoms with Crippen LogP contribution in [0.3, 0.4) is 0 Å². The van der Waals surface area contributed by atoms with Crippen molar-refractivity contribution in [3.63, 3.8) is 0 Å². The Bertz CT molecular complexity index is 924. The lowest BCUT2D eigenvalue weighted by atomic mass is 9.86. The third-order valence-electron chi connectivity index (χ3n) is 4.86. The lowest BCUT2D eigenvalue weighted by molar-refractivity contribution is 0.421. The second kappa shape index (κ2) is 9.69. The van der Waals surface area contributed by atoms with Crippen LogP contribution < -0.4 is 0 Å². The van der Waals surface area contributed by atoms with Gasteiger partial charge in [-0.05, 0) is 53.2 Å². The Balaban J connectivity index is 1.99. The van der Waals surface area contributed by atoms with E-state index in [0.29, 0.717) is 16.6 Å². The number of hydrogen-bond donors (Lipinski definition) is 1. The fourth-order valence-corrected chi connectivity index (χ4v) is 5.39. The van der Waals surface area contributed by atoms with E-state index in [0.717, 1.165) is 29.1 Å². The van der Waals surface area contributed by atoms with Crippen LogP contribution >= 0.6 is 22.9 Å². The Kier molecular flexibility index (Phi) is 7.29. The SMILES string of the molecule is CCC(CCCl)C(c1ccc(S(=O)[O-])s1)c1nccn1Cc1ccc(O)cc1. The smallest absolute Gasteiger partial charge is 0.117 e. The summed E-state index contributed by atoms with van der Waals surface area (Å²) in [5, 5.41) is 9.50. The summed E-state index contributed by atoms with van der Waals surface area (Å²) in [6, 6.07) is 10.6. The summed E-state index contributed by atoms with van der Waals surface area (Å²) in [6.45, 7) is 2.74. The summed E-state index contributed by atoms with van der Waals surface area (Å²) in [5.74, 6) is 1.90. The van der Waals surface area contributed by atoms with E-state index in [1.54, 1.807) is 24.4 Å². The number of phenols is 1. The fraction of sp³-hybridized carbons (Fsp3) is 0.350. The summed E-state index contributed by atoms with van der Waals surface area (Å²) in [5.41, 5.74) is 1.05. The van der Waals surface area contributed by atoms with Gasteiger partial charge in [0.2, 0.25) is 0 Å². The minimum atomic E-state index is -2.24. The molecule has 1 aromatic carbocycles. The monoisotopic (exact) mass is 437 g/mol. The zero-order chi connectivity index (χ0) is 20.1. The molecule has 0 aliphatic rings. The number of alkyl halides is 1. The molecule has 0 saturated carbocycles. The number of rotatable bonds is 9. The number of aromatic nitrogens is 2. The number of aromatic hydroxyl groups is 1. The van der Waals surface area contributed by atoms with Crippen LogP contribution in [0.2, 0.25) is 0 Å². The van der Waals surface area contributed by atoms with Crippen LogP contribution in [0.1, 0.15) is 41.9 Å². The van der Waals surface area contributed by atoms with Crippen LogP contribution in [-0.4, -0.2) is 29.3 Å². The molecule has 0 aliphatic heterocycles. The van der Waals surface area contributed by atoms with E-state index in [2.05, 4.69) is 16.5 Å². The molecule has 3 rings (SSSR count). The van der Waals surface area contributed by atoms with E-state index in [4.69, 9.17) is 11.6 Å². The van der Waals surface area contributed by atoms with Crippen molar-refractivity contribution in [3.05, 3.63) is 65.1 Å². The Morgan fingerprint density at radius 3 is 2.64 bits per heavy atom. The Morgan fingerprint density at radius 1 is 1.29 bits per heavy atom. The Hall–Kier alpha value is -1.67. The maximum absolute atomic E-state index is 11.4. The highest BCUT2D eigenvalue weighted by Gasteiger charge is 2.28. The summed E-state index contributed by atoms with van der Waals surface area (Å²) >= 11 is 5.12. The summed E-state index contributed by atoms with van der Waals surface area (Å²) < 4.78 is 25.2. The van der Waals surface area contributed by atoms with E-state index in [9.17, 15) is 13.9 Å². The molecular weight excluding hydrogens is 416 g/mol. The molecule has 0 saturated heterocycles. The van der Waals surface area contributed by atoms with Gasteiger partial charge in [-0.25, -0.2) is 4.98 Å². The molecule has 3 aromatic rings. The number of hydrogen-bond acceptors (Lipinski definition) is 5. The van der Waals surface area contributed by atoms with Gasteiger partial charge in [0.1, 0.15) is 11.6 Å². The molecule has 8 heteroatoms. The quantitative estimate of drug-likeness (QED) is 0.388. The van der Waals surface area contributed by atoms with E-state index in [1.165, 1.54) is 11.3 Å². The normalized spacial score (nSPS) is 14.7. The molecular formula is C20H22ClN2O3S2-. The number of nitrogens with zero attached hydrogens (tertiary/aromatic N) is 2. The molecule has 28 heavy (non-hydrogen) atoms. The Morgan fingerprint density at radius 2 is 2.04 bits per heavy atom. The molecule has 2 heterocycles. The second-order valence-electron chi connectivity index (χ2n) is 6.59. The predicted octanol–water partition coefficient (Wildman–Crippen LogP) is 4.72. The molecule has 0 spiro atoms. The van der Waals surface area contributed by atoms with Gasteiger partial charge in [-0.2, -0.15) is 0 Å². The van der Waals surface area contributed by atoms with Crippen molar-refractivity contribution in [1.29, 1.82) is 0 Å². The van der Waals surface area contributed by atoms with Gasteiger partial charge in [-0.1, -0.05) is 25.5 Å². The maximum atomic E-state index is 11.4. The van der Waals surface area contributed by atoms with Crippen LogP contribution in [0.25, 0.3) is 0 Å². The van der Waals surface area contributed by atoms with Crippen LogP contribution in [0.15, 0.2) is 53.0 Å². The van der Waals surface area contributed by atoms with Gasteiger partial charge >= 0.3 is 0 Å². The van der Waals surface area contributed by atoms with Gasteiger partial charge in [0.05, 0.1) is 10.1 Å². The lowest BCUT2D eigenvalue weighted by Crippen LogP contribution is -2.19. The van der Waals surface area contributed by atoms with Crippen molar-refractivity contribution in [2.75, 3.05) is 5.88 Å². The van der Waals surface area contributed by atoms with E-state index >= 15 is 0 Å². The summed E-state index contributed by atoms with van der Waals surface area (Å²) in [6.07, 6.45) is 5.44. The van der Waals surface area contributed by atoms with Crippen LogP contribution in [0.5, 0.6) is 5.75 Å². The van der Waals surface area contributed by atoms with Crippen molar-refractivity contribution in [2.24, 2.45) is 5.92 Å². The third-order valence-corrected chi connectivity index (χ3v) is 7.17. The largest absolute Gasteiger partial charge is 0.768 e. The predicted molar refractivity (Wildman–Crippen MR) is 112 cm³/mol. The zero-order valence-electron chi connectivity index (χ0n) is 15.5. The van der Waals surface area contributed by atoms with Crippen LogP contribution in [0, 0.1) is 5.92 Å². The molecule has 0 radical (unpaired) electrons. The molecule has 1 N–H and O–H groups in total. The van der Waals surface area contributed by atoms with E-state index in [1.807, 2.05) is 24.4 Å². The first-order valence-electron chi connectivity index (χ1n) is 9.07. The van der Waals surface area contributed by atoms with Crippen molar-refractivity contribution >= 4 is 34.0 Å². The van der Waals surface area contributed by atoms with Gasteiger partial charge in [0, 0.05) is 29.7 Å². The molecule has 3 unspecified atom stereocenters. The number of halogens is 1. The van der Waals surface area contributed by atoms with E-state index in [-0.39, 0.29) is 17.6 Å². The lowest BCUT2D eigenvalue weighted by Gasteiger charge is -2.25. The number of thiophene rings is 1. The van der Waals surface area contributed by atoms with E-state index < -0.39 is 11.1 Å². The minimum Gasteiger partial charge on any atom is -0.768 e. The van der Waals surface area contributed by atoms with Gasteiger partial charge in [0.25, 0.3) is 0 Å². The van der Waals surface area contributed by atoms with Gasteiger partial charge in [-0.3, -0.25) is 4.21 Å². The first-order chi connectivity index (χ1) is 13.5. The van der Waals surface area contributed by atoms with Gasteiger partial charge in [-0.15, -0.1) is 22.9 Å². The maximum Gasteiger partial charge on any atom is 0.117 e. The number of benzene rings is 1. The van der Waals surface area contributed by atoms with Crippen molar-refractivity contribution in [2.45, 2.75) is 36.4 Å². The third kappa shape index (κ3) is 4.84. The molecule has 0 fully saturated rings. The highest BCUT2D eigenvalue weighted by atomic mass is 35.5. The zero-order valence-corrected chi connectivity index (χ0v) is 17.8. The topological polar surface area (TPSA) is 78.2 Å². The molecule has 0 aliphatic carbocycles. The molecule has 5 nitrogen and oxygen atoms in total. The van der Waals surface area contributed by atoms with Crippen LogP contribution in [0.4, 0.5) is 0 Å². The molecule has 0 amide bonds. The minimum absolute atomic E-state index is 0.0295. The fourth-order valence-electron chi connectivity index (χ4n) is 3.44. The van der Waals surface area contributed by atoms with Crippen molar-refractivity contribution in [3.8, 4) is 5.75 Å². The first-order valence-corrected chi connectivity index (χ1v) is 11.5. The number of imidazole rings is 1. The molecule has 150 valence electrons. The molecule has 2 aromatic heterocycles. The molecule has 0 bridgehead atoms. The molecule has 3 atom stereocenters. The second-order valence-corrected chi connectivity index (χ2v) is 9.26.